The molecule has 3 rings (SSSR count). The first-order chi connectivity index (χ1) is 10.1. The molecule has 1 saturated heterocycles. The Bertz CT molecular complexity index is 616. The van der Waals surface area contributed by atoms with Crippen molar-refractivity contribution in [3.8, 4) is 0 Å². The second kappa shape index (κ2) is 5.91. The van der Waals surface area contributed by atoms with Gasteiger partial charge >= 0.3 is 0 Å². The number of nitrogen functional groups attached to an aromatic ring is 1. The zero-order valence-corrected chi connectivity index (χ0v) is 12.7. The Morgan fingerprint density at radius 1 is 1.29 bits per heavy atom. The van der Waals surface area contributed by atoms with E-state index in [1.54, 1.807) is 0 Å². The lowest BCUT2D eigenvalue weighted by Gasteiger charge is -2.29. The zero-order chi connectivity index (χ0) is 14.8. The summed E-state index contributed by atoms with van der Waals surface area (Å²) in [5.74, 6) is 0. The number of anilines is 2. The molecule has 1 aromatic carbocycles. The third-order valence-electron chi connectivity index (χ3n) is 3.83. The second-order valence-corrected chi connectivity index (χ2v) is 5.76. The topological polar surface area (TPSA) is 59.5 Å². The van der Waals surface area contributed by atoms with E-state index in [1.165, 1.54) is 0 Å². The van der Waals surface area contributed by atoms with Crippen LogP contribution in [0, 0.1) is 0 Å². The molecule has 114 valence electrons. The molecule has 21 heavy (non-hydrogen) atoms. The number of aromatic nitrogens is 2. The van der Waals surface area contributed by atoms with Gasteiger partial charge in [-0.25, -0.2) is 0 Å². The van der Waals surface area contributed by atoms with E-state index in [-0.39, 0.29) is 0 Å². The van der Waals surface area contributed by atoms with Gasteiger partial charge in [-0.05, 0) is 26.2 Å². The van der Waals surface area contributed by atoms with Gasteiger partial charge in [0.15, 0.2) is 0 Å². The van der Waals surface area contributed by atoms with Crippen LogP contribution < -0.4 is 10.6 Å². The highest BCUT2D eigenvalue weighted by Crippen LogP contribution is 2.29. The van der Waals surface area contributed by atoms with Gasteiger partial charge in [0.05, 0.1) is 36.6 Å². The van der Waals surface area contributed by atoms with Crippen LogP contribution in [0.2, 0.25) is 0 Å². The summed E-state index contributed by atoms with van der Waals surface area (Å²) in [4.78, 5) is 4.43. The number of nitrogens with zero attached hydrogens (tertiary/aromatic N) is 4. The summed E-state index contributed by atoms with van der Waals surface area (Å²) >= 11 is 0. The first-order valence-corrected chi connectivity index (χ1v) is 7.37. The first-order valence-electron chi connectivity index (χ1n) is 7.37. The summed E-state index contributed by atoms with van der Waals surface area (Å²) in [6, 6.07) is 4.13. The zero-order valence-electron chi connectivity index (χ0n) is 12.7. The molecular formula is C15H23N5O. The number of benzene rings is 1. The SMILES string of the molecule is CN(C)CCn1cc2cc(N)c(N3CCOCC3)cc2n1. The average Bonchev–Trinajstić information content (AvgIpc) is 2.87. The summed E-state index contributed by atoms with van der Waals surface area (Å²) in [6.45, 7) is 5.14. The van der Waals surface area contributed by atoms with E-state index in [9.17, 15) is 0 Å². The summed E-state index contributed by atoms with van der Waals surface area (Å²) in [6.07, 6.45) is 2.07. The van der Waals surface area contributed by atoms with E-state index in [2.05, 4.69) is 41.3 Å². The first kappa shape index (κ1) is 14.2. The number of rotatable bonds is 4. The molecule has 0 spiro atoms. The molecule has 6 nitrogen and oxygen atoms in total. The highest BCUT2D eigenvalue weighted by atomic mass is 16.5. The molecule has 0 saturated carbocycles. The lowest BCUT2D eigenvalue weighted by Crippen LogP contribution is -2.36. The Balaban J connectivity index is 1.87. The Labute approximate surface area is 125 Å². The van der Waals surface area contributed by atoms with Crippen LogP contribution >= 0.6 is 0 Å². The van der Waals surface area contributed by atoms with Crippen molar-refractivity contribution >= 4 is 22.3 Å². The molecule has 1 aromatic heterocycles. The molecule has 2 aromatic rings. The average molecular weight is 289 g/mol. The quantitative estimate of drug-likeness (QED) is 0.852. The van der Waals surface area contributed by atoms with E-state index < -0.39 is 0 Å². The number of likely N-dealkylation sites (N-methyl/N-ethyl adjacent to an activating group) is 1. The van der Waals surface area contributed by atoms with Crippen molar-refractivity contribution in [1.82, 2.24) is 14.7 Å². The molecule has 0 atom stereocenters. The summed E-state index contributed by atoms with van der Waals surface area (Å²) in [5.41, 5.74) is 9.11. The smallest absolute Gasteiger partial charge is 0.0945 e. The Hall–Kier alpha value is -1.79. The van der Waals surface area contributed by atoms with Crippen LogP contribution in [0.3, 0.4) is 0 Å². The minimum absolute atomic E-state index is 0.759. The molecule has 0 unspecified atom stereocenters. The lowest BCUT2D eigenvalue weighted by atomic mass is 10.2. The standard InChI is InChI=1S/C15H23N5O/c1-18(2)3-4-20-11-12-9-13(16)15(10-14(12)17-20)19-5-7-21-8-6-19/h9-11H,3-8,16H2,1-2H3. The third-order valence-corrected chi connectivity index (χ3v) is 3.83. The minimum Gasteiger partial charge on any atom is -0.397 e. The summed E-state index contributed by atoms with van der Waals surface area (Å²) in [5, 5.41) is 5.76. The van der Waals surface area contributed by atoms with E-state index in [1.807, 2.05) is 10.7 Å². The van der Waals surface area contributed by atoms with Gasteiger partial charge in [-0.2, -0.15) is 5.10 Å². The summed E-state index contributed by atoms with van der Waals surface area (Å²) in [7, 11) is 4.13. The van der Waals surface area contributed by atoms with E-state index in [4.69, 9.17) is 10.5 Å². The number of ether oxygens (including phenoxy) is 1. The van der Waals surface area contributed by atoms with Crippen LogP contribution in [0.4, 0.5) is 11.4 Å². The van der Waals surface area contributed by atoms with Gasteiger partial charge in [0.25, 0.3) is 0 Å². The Morgan fingerprint density at radius 3 is 2.76 bits per heavy atom. The fourth-order valence-electron chi connectivity index (χ4n) is 2.62. The second-order valence-electron chi connectivity index (χ2n) is 5.76. The number of hydrogen-bond donors (Lipinski definition) is 1. The number of fused-ring (bicyclic) bond motifs is 1. The fraction of sp³-hybridized carbons (Fsp3) is 0.533. The molecule has 0 radical (unpaired) electrons. The van der Waals surface area contributed by atoms with Crippen LogP contribution in [0.25, 0.3) is 10.9 Å². The molecule has 0 amide bonds. The molecule has 0 aliphatic carbocycles. The van der Waals surface area contributed by atoms with Crippen molar-refractivity contribution in [1.29, 1.82) is 0 Å². The lowest BCUT2D eigenvalue weighted by molar-refractivity contribution is 0.123. The largest absolute Gasteiger partial charge is 0.397 e. The van der Waals surface area contributed by atoms with Crippen LogP contribution in [0.1, 0.15) is 0 Å². The van der Waals surface area contributed by atoms with Gasteiger partial charge in [0.1, 0.15) is 0 Å². The molecule has 2 N–H and O–H groups in total. The van der Waals surface area contributed by atoms with Gasteiger partial charge < -0.3 is 20.3 Å². The molecule has 6 heteroatoms. The maximum atomic E-state index is 6.22. The maximum Gasteiger partial charge on any atom is 0.0945 e. The number of nitrogens with two attached hydrogens (primary N) is 1. The maximum absolute atomic E-state index is 6.22. The fourth-order valence-corrected chi connectivity index (χ4v) is 2.62. The van der Waals surface area contributed by atoms with Gasteiger partial charge in [0, 0.05) is 31.2 Å². The predicted octanol–water partition coefficient (Wildman–Crippen LogP) is 1.02. The van der Waals surface area contributed by atoms with Crippen molar-refractivity contribution in [3.05, 3.63) is 18.3 Å². The van der Waals surface area contributed by atoms with Crippen molar-refractivity contribution in [2.24, 2.45) is 0 Å². The minimum atomic E-state index is 0.759. The van der Waals surface area contributed by atoms with Crippen molar-refractivity contribution in [3.63, 3.8) is 0 Å². The molecule has 1 aliphatic rings. The van der Waals surface area contributed by atoms with E-state index in [0.29, 0.717) is 0 Å². The van der Waals surface area contributed by atoms with Crippen LogP contribution in [0.5, 0.6) is 0 Å². The molecular weight excluding hydrogens is 266 g/mol. The molecule has 1 fully saturated rings. The van der Waals surface area contributed by atoms with E-state index >= 15 is 0 Å². The monoisotopic (exact) mass is 289 g/mol. The third kappa shape index (κ3) is 3.11. The van der Waals surface area contributed by atoms with Crippen molar-refractivity contribution in [2.75, 3.05) is 57.6 Å². The van der Waals surface area contributed by atoms with Crippen molar-refractivity contribution in [2.45, 2.75) is 6.54 Å². The highest BCUT2D eigenvalue weighted by molar-refractivity contribution is 5.89. The number of morpholine rings is 1. The number of hydrogen-bond acceptors (Lipinski definition) is 5. The van der Waals surface area contributed by atoms with Crippen molar-refractivity contribution < 1.29 is 4.74 Å². The van der Waals surface area contributed by atoms with Gasteiger partial charge in [0.2, 0.25) is 0 Å². The summed E-state index contributed by atoms with van der Waals surface area (Å²) < 4.78 is 7.39. The normalized spacial score (nSPS) is 16.0. The highest BCUT2D eigenvalue weighted by Gasteiger charge is 2.15. The predicted molar refractivity (Wildman–Crippen MR) is 85.7 cm³/mol. The van der Waals surface area contributed by atoms with Crippen LogP contribution in [0.15, 0.2) is 18.3 Å². The van der Waals surface area contributed by atoms with Gasteiger partial charge in [-0.15, -0.1) is 0 Å². The molecule has 2 heterocycles. The van der Waals surface area contributed by atoms with Gasteiger partial charge in [-0.1, -0.05) is 0 Å². The Kier molecular flexibility index (Phi) is 3.98. The molecule has 0 bridgehead atoms. The molecule has 1 aliphatic heterocycles. The van der Waals surface area contributed by atoms with E-state index in [0.717, 1.165) is 61.7 Å². The Morgan fingerprint density at radius 2 is 2.05 bits per heavy atom. The van der Waals surface area contributed by atoms with Crippen LogP contribution in [-0.2, 0) is 11.3 Å². The van der Waals surface area contributed by atoms with Crippen LogP contribution in [-0.4, -0.2) is 61.6 Å². The van der Waals surface area contributed by atoms with Gasteiger partial charge in [-0.3, -0.25) is 4.68 Å².